The van der Waals surface area contributed by atoms with E-state index in [1.165, 1.54) is 0 Å². The number of ether oxygens (including phenoxy) is 1. The maximum atomic E-state index is 12.4. The van der Waals surface area contributed by atoms with Crippen molar-refractivity contribution in [2.45, 2.75) is 29.8 Å². The average Bonchev–Trinajstić information content (AvgIpc) is 2.63. The molecule has 0 radical (unpaired) electrons. The van der Waals surface area contributed by atoms with E-state index in [9.17, 15) is 8.78 Å². The van der Waals surface area contributed by atoms with Gasteiger partial charge < -0.3 is 15.0 Å². The molecule has 0 amide bonds. The van der Waals surface area contributed by atoms with Crippen LogP contribution in [0.25, 0.3) is 0 Å². The molecule has 2 atom stereocenters. The SMILES string of the molecule is C[C@H]1CN(C(=S)Nc2ccc(SC(F)F)cc2)C[C@H](c2ccccc2)O1. The number of anilines is 1. The van der Waals surface area contributed by atoms with E-state index in [0.717, 1.165) is 11.3 Å². The Kier molecular flexibility index (Phi) is 6.45. The molecule has 1 aliphatic heterocycles. The second kappa shape index (κ2) is 8.79. The number of thiocarbonyl (C=S) groups is 1. The van der Waals surface area contributed by atoms with E-state index in [2.05, 4.69) is 22.3 Å². The molecule has 0 aliphatic carbocycles. The molecule has 7 heteroatoms. The maximum Gasteiger partial charge on any atom is 0.288 e. The highest BCUT2D eigenvalue weighted by atomic mass is 32.2. The Balaban J connectivity index is 1.63. The summed E-state index contributed by atoms with van der Waals surface area (Å²) in [6.07, 6.45) is 0.0167. The van der Waals surface area contributed by atoms with E-state index < -0.39 is 5.76 Å². The predicted octanol–water partition coefficient (Wildman–Crippen LogP) is 5.16. The van der Waals surface area contributed by atoms with Gasteiger partial charge in [0, 0.05) is 17.1 Å². The number of alkyl halides is 2. The molecule has 0 bridgehead atoms. The van der Waals surface area contributed by atoms with Crippen LogP contribution in [0, 0.1) is 0 Å². The van der Waals surface area contributed by atoms with Crippen LogP contribution in [0.15, 0.2) is 59.5 Å². The van der Waals surface area contributed by atoms with Gasteiger partial charge in [-0.05, 0) is 49.0 Å². The monoisotopic (exact) mass is 394 g/mol. The van der Waals surface area contributed by atoms with Gasteiger partial charge in [0.15, 0.2) is 5.11 Å². The van der Waals surface area contributed by atoms with Gasteiger partial charge in [-0.3, -0.25) is 0 Å². The Hall–Kier alpha value is -1.70. The van der Waals surface area contributed by atoms with E-state index in [4.69, 9.17) is 17.0 Å². The van der Waals surface area contributed by atoms with Crippen LogP contribution in [0.3, 0.4) is 0 Å². The highest BCUT2D eigenvalue weighted by molar-refractivity contribution is 7.99. The highest BCUT2D eigenvalue weighted by Gasteiger charge is 2.27. The summed E-state index contributed by atoms with van der Waals surface area (Å²) in [6.45, 7) is 3.40. The molecule has 0 spiro atoms. The lowest BCUT2D eigenvalue weighted by Gasteiger charge is -2.38. The minimum absolute atomic E-state index is 0.0375. The maximum absolute atomic E-state index is 12.4. The number of hydrogen-bond acceptors (Lipinski definition) is 3. The molecule has 1 fully saturated rings. The topological polar surface area (TPSA) is 24.5 Å². The second-order valence-corrected chi connectivity index (χ2v) is 7.53. The molecule has 1 heterocycles. The lowest BCUT2D eigenvalue weighted by molar-refractivity contribution is -0.0589. The summed E-state index contributed by atoms with van der Waals surface area (Å²) in [5, 5.41) is 3.80. The molecule has 2 aromatic carbocycles. The van der Waals surface area contributed by atoms with Crippen LogP contribution >= 0.6 is 24.0 Å². The summed E-state index contributed by atoms with van der Waals surface area (Å²) < 4.78 is 30.8. The predicted molar refractivity (Wildman–Crippen MR) is 106 cm³/mol. The van der Waals surface area contributed by atoms with Crippen molar-refractivity contribution in [2.24, 2.45) is 0 Å². The summed E-state index contributed by atoms with van der Waals surface area (Å²) in [5.74, 6) is -2.42. The van der Waals surface area contributed by atoms with Crippen molar-refractivity contribution in [3.05, 3.63) is 60.2 Å². The third-order valence-electron chi connectivity index (χ3n) is 4.05. The van der Waals surface area contributed by atoms with Crippen molar-refractivity contribution in [1.82, 2.24) is 4.90 Å². The number of benzene rings is 2. The minimum atomic E-state index is -2.42. The van der Waals surface area contributed by atoms with Gasteiger partial charge >= 0.3 is 0 Å². The van der Waals surface area contributed by atoms with Crippen LogP contribution in [0.2, 0.25) is 0 Å². The fourth-order valence-corrected chi connectivity index (χ4v) is 3.66. The number of morpholine rings is 1. The molecule has 26 heavy (non-hydrogen) atoms. The summed E-state index contributed by atoms with van der Waals surface area (Å²) in [4.78, 5) is 2.61. The third kappa shape index (κ3) is 5.16. The summed E-state index contributed by atoms with van der Waals surface area (Å²) in [6, 6.07) is 16.9. The zero-order chi connectivity index (χ0) is 18.5. The lowest BCUT2D eigenvalue weighted by atomic mass is 10.1. The van der Waals surface area contributed by atoms with Gasteiger partial charge in [0.25, 0.3) is 5.76 Å². The van der Waals surface area contributed by atoms with Gasteiger partial charge in [-0.2, -0.15) is 8.78 Å². The summed E-state index contributed by atoms with van der Waals surface area (Å²) in [7, 11) is 0. The van der Waals surface area contributed by atoms with Crippen LogP contribution in [0.4, 0.5) is 14.5 Å². The lowest BCUT2D eigenvalue weighted by Crippen LogP contribution is -2.47. The normalized spacial score (nSPS) is 20.2. The Morgan fingerprint density at radius 2 is 1.85 bits per heavy atom. The van der Waals surface area contributed by atoms with Gasteiger partial charge in [0.05, 0.1) is 12.6 Å². The third-order valence-corrected chi connectivity index (χ3v) is 5.13. The molecule has 138 valence electrons. The fourth-order valence-electron chi connectivity index (χ4n) is 2.89. The number of nitrogens with one attached hydrogen (secondary N) is 1. The first-order chi connectivity index (χ1) is 12.5. The first-order valence-corrected chi connectivity index (χ1v) is 9.61. The van der Waals surface area contributed by atoms with E-state index in [-0.39, 0.29) is 12.2 Å². The minimum Gasteiger partial charge on any atom is -0.367 e. The van der Waals surface area contributed by atoms with Crippen LogP contribution in [0.5, 0.6) is 0 Å². The number of hydrogen-bond donors (Lipinski definition) is 1. The van der Waals surface area contributed by atoms with E-state index in [1.807, 2.05) is 25.1 Å². The Bertz CT molecular complexity index is 728. The molecule has 3 rings (SSSR count). The first kappa shape index (κ1) is 19.1. The fraction of sp³-hybridized carbons (Fsp3) is 0.316. The van der Waals surface area contributed by atoms with Crippen LogP contribution in [-0.2, 0) is 4.74 Å². The molecule has 3 nitrogen and oxygen atoms in total. The Labute approximate surface area is 161 Å². The summed E-state index contributed by atoms with van der Waals surface area (Å²) in [5.41, 5.74) is 1.91. The van der Waals surface area contributed by atoms with Crippen molar-refractivity contribution in [3.8, 4) is 0 Å². The zero-order valence-electron chi connectivity index (χ0n) is 14.3. The smallest absolute Gasteiger partial charge is 0.288 e. The largest absolute Gasteiger partial charge is 0.367 e. The molecule has 1 N–H and O–H groups in total. The molecular formula is C19H20F2N2OS2. The van der Waals surface area contributed by atoms with Gasteiger partial charge in [0.2, 0.25) is 0 Å². The van der Waals surface area contributed by atoms with Gasteiger partial charge in [-0.15, -0.1) is 0 Å². The van der Waals surface area contributed by atoms with E-state index in [0.29, 0.717) is 34.9 Å². The molecule has 2 aromatic rings. The van der Waals surface area contributed by atoms with Gasteiger partial charge in [0.1, 0.15) is 6.10 Å². The van der Waals surface area contributed by atoms with Crippen LogP contribution in [-0.4, -0.2) is 35.0 Å². The zero-order valence-corrected chi connectivity index (χ0v) is 15.9. The highest BCUT2D eigenvalue weighted by Crippen LogP contribution is 2.27. The molecule has 0 saturated carbocycles. The van der Waals surface area contributed by atoms with Crippen molar-refractivity contribution >= 4 is 34.8 Å². The van der Waals surface area contributed by atoms with Crippen molar-refractivity contribution in [3.63, 3.8) is 0 Å². The number of nitrogens with zero attached hydrogens (tertiary/aromatic N) is 1. The number of thioether (sulfide) groups is 1. The first-order valence-electron chi connectivity index (χ1n) is 8.32. The standard InChI is InChI=1S/C19H20F2N2OS2/c1-13-11-23(12-17(24-13)14-5-3-2-4-6-14)19(25)22-15-7-9-16(10-8-15)26-18(20)21/h2-10,13,17-18H,11-12H2,1H3,(H,22,25)/t13-,17+/m0/s1. The Morgan fingerprint density at radius 1 is 1.15 bits per heavy atom. The number of halogens is 2. The van der Waals surface area contributed by atoms with Gasteiger partial charge in [-0.25, -0.2) is 0 Å². The van der Waals surface area contributed by atoms with Crippen LogP contribution < -0.4 is 5.32 Å². The van der Waals surface area contributed by atoms with Crippen molar-refractivity contribution in [2.75, 3.05) is 18.4 Å². The van der Waals surface area contributed by atoms with E-state index >= 15 is 0 Å². The molecule has 0 aromatic heterocycles. The van der Waals surface area contributed by atoms with Crippen molar-refractivity contribution in [1.29, 1.82) is 0 Å². The second-order valence-electron chi connectivity index (χ2n) is 6.08. The van der Waals surface area contributed by atoms with Gasteiger partial charge in [-0.1, -0.05) is 42.1 Å². The Morgan fingerprint density at radius 3 is 2.50 bits per heavy atom. The molecule has 0 unspecified atom stereocenters. The van der Waals surface area contributed by atoms with E-state index in [1.54, 1.807) is 24.3 Å². The number of rotatable bonds is 4. The summed E-state index contributed by atoms with van der Waals surface area (Å²) >= 11 is 6.08. The van der Waals surface area contributed by atoms with Crippen molar-refractivity contribution < 1.29 is 13.5 Å². The van der Waals surface area contributed by atoms with Crippen LogP contribution in [0.1, 0.15) is 18.6 Å². The molecule has 1 aliphatic rings. The quantitative estimate of drug-likeness (QED) is 0.570. The molecular weight excluding hydrogens is 374 g/mol. The average molecular weight is 395 g/mol. The molecule has 1 saturated heterocycles.